The summed E-state index contributed by atoms with van der Waals surface area (Å²) in [7, 11) is 0. The Balaban J connectivity index is 2.47. The molecular formula is C10H10ClS. The molecule has 0 aliphatic heterocycles. The van der Waals surface area contributed by atoms with Gasteiger partial charge in [-0.2, -0.15) is 0 Å². The van der Waals surface area contributed by atoms with Crippen LogP contribution in [0.3, 0.4) is 0 Å². The summed E-state index contributed by atoms with van der Waals surface area (Å²) in [6.07, 6.45) is 3.84. The van der Waals surface area contributed by atoms with Crippen LogP contribution in [0, 0.1) is 6.92 Å². The Morgan fingerprint density at radius 3 is 2.58 bits per heavy atom. The molecule has 0 nitrogen and oxygen atoms in total. The summed E-state index contributed by atoms with van der Waals surface area (Å²) in [5.41, 5.74) is 0. The summed E-state index contributed by atoms with van der Waals surface area (Å²) >= 11 is 7.51. The highest BCUT2D eigenvalue weighted by Crippen LogP contribution is 2.19. The van der Waals surface area contributed by atoms with Crippen molar-refractivity contribution in [2.45, 2.75) is 4.90 Å². The normalized spacial score (nSPS) is 10.8. The van der Waals surface area contributed by atoms with Crippen LogP contribution < -0.4 is 0 Å². The van der Waals surface area contributed by atoms with Gasteiger partial charge < -0.3 is 0 Å². The molecule has 1 rings (SSSR count). The fourth-order valence-electron chi connectivity index (χ4n) is 0.743. The van der Waals surface area contributed by atoms with Gasteiger partial charge in [-0.25, -0.2) is 0 Å². The molecule has 1 aromatic rings. The van der Waals surface area contributed by atoms with E-state index in [0.717, 1.165) is 10.8 Å². The summed E-state index contributed by atoms with van der Waals surface area (Å²) in [6, 6.07) is 7.84. The lowest BCUT2D eigenvalue weighted by molar-refractivity contribution is 1.46. The first-order valence-corrected chi connectivity index (χ1v) is 5.02. The summed E-state index contributed by atoms with van der Waals surface area (Å²) in [4.78, 5) is 1.23. The third-order valence-corrected chi connectivity index (χ3v) is 2.54. The zero-order valence-corrected chi connectivity index (χ0v) is 8.24. The Labute approximate surface area is 82.6 Å². The zero-order chi connectivity index (χ0) is 8.81. The molecule has 0 saturated carbocycles. The Kier molecular flexibility index (Phi) is 4.26. The minimum atomic E-state index is 0.784. The second kappa shape index (κ2) is 5.28. The predicted molar refractivity (Wildman–Crippen MR) is 56.7 cm³/mol. The van der Waals surface area contributed by atoms with E-state index < -0.39 is 0 Å². The monoisotopic (exact) mass is 197 g/mol. The van der Waals surface area contributed by atoms with Crippen molar-refractivity contribution in [2.75, 3.05) is 5.75 Å². The molecule has 0 N–H and O–H groups in total. The van der Waals surface area contributed by atoms with E-state index in [1.807, 2.05) is 36.4 Å². The molecule has 0 aliphatic rings. The molecule has 1 aromatic carbocycles. The Hall–Kier alpha value is -0.400. The first-order valence-electron chi connectivity index (χ1n) is 3.65. The molecule has 63 valence electrons. The van der Waals surface area contributed by atoms with Gasteiger partial charge in [0, 0.05) is 15.7 Å². The molecular weight excluding hydrogens is 188 g/mol. The van der Waals surface area contributed by atoms with Crippen molar-refractivity contribution < 1.29 is 0 Å². The molecule has 0 bridgehead atoms. The quantitative estimate of drug-likeness (QED) is 0.664. The highest BCUT2D eigenvalue weighted by molar-refractivity contribution is 7.99. The average molecular weight is 198 g/mol. The third kappa shape index (κ3) is 3.33. The second-order valence-corrected chi connectivity index (χ2v) is 3.77. The van der Waals surface area contributed by atoms with Crippen molar-refractivity contribution in [2.24, 2.45) is 0 Å². The SMILES string of the molecule is [CH2]/C=C/CSc1ccc(Cl)cc1. The van der Waals surface area contributed by atoms with Crippen molar-refractivity contribution in [3.05, 3.63) is 48.4 Å². The van der Waals surface area contributed by atoms with Crippen LogP contribution in [0.1, 0.15) is 0 Å². The van der Waals surface area contributed by atoms with Crippen molar-refractivity contribution >= 4 is 23.4 Å². The molecule has 0 aliphatic carbocycles. The van der Waals surface area contributed by atoms with Crippen LogP contribution in [0.2, 0.25) is 5.02 Å². The highest BCUT2D eigenvalue weighted by Gasteiger charge is 1.90. The van der Waals surface area contributed by atoms with Gasteiger partial charge >= 0.3 is 0 Å². The molecule has 12 heavy (non-hydrogen) atoms. The lowest BCUT2D eigenvalue weighted by Gasteiger charge is -1.96. The lowest BCUT2D eigenvalue weighted by atomic mass is 10.4. The first-order chi connectivity index (χ1) is 5.83. The van der Waals surface area contributed by atoms with E-state index in [1.54, 1.807) is 11.8 Å². The average Bonchev–Trinajstić information content (AvgIpc) is 2.09. The van der Waals surface area contributed by atoms with Crippen LogP contribution in [0.15, 0.2) is 41.3 Å². The fourth-order valence-corrected chi connectivity index (χ4v) is 1.62. The topological polar surface area (TPSA) is 0 Å². The molecule has 0 fully saturated rings. The molecule has 1 radical (unpaired) electrons. The van der Waals surface area contributed by atoms with Gasteiger partial charge in [-0.1, -0.05) is 23.8 Å². The van der Waals surface area contributed by atoms with E-state index in [1.165, 1.54) is 4.90 Å². The Morgan fingerprint density at radius 2 is 2.00 bits per heavy atom. The van der Waals surface area contributed by atoms with Gasteiger partial charge in [-0.05, 0) is 31.2 Å². The molecule has 0 amide bonds. The van der Waals surface area contributed by atoms with Crippen molar-refractivity contribution in [3.63, 3.8) is 0 Å². The van der Waals surface area contributed by atoms with Gasteiger partial charge in [-0.3, -0.25) is 0 Å². The maximum atomic E-state index is 5.74. The van der Waals surface area contributed by atoms with Crippen LogP contribution in [0.4, 0.5) is 0 Å². The molecule has 0 unspecified atom stereocenters. The van der Waals surface area contributed by atoms with E-state index in [4.69, 9.17) is 11.6 Å². The van der Waals surface area contributed by atoms with Gasteiger partial charge in [0.25, 0.3) is 0 Å². The number of rotatable bonds is 3. The van der Waals surface area contributed by atoms with Crippen LogP contribution >= 0.6 is 23.4 Å². The summed E-state index contributed by atoms with van der Waals surface area (Å²) in [6.45, 7) is 3.62. The maximum absolute atomic E-state index is 5.74. The molecule has 0 aromatic heterocycles. The van der Waals surface area contributed by atoms with E-state index >= 15 is 0 Å². The third-order valence-electron chi connectivity index (χ3n) is 1.33. The summed E-state index contributed by atoms with van der Waals surface area (Å²) < 4.78 is 0. The molecule has 0 heterocycles. The minimum absolute atomic E-state index is 0.784. The number of hydrogen-bond acceptors (Lipinski definition) is 1. The number of benzene rings is 1. The van der Waals surface area contributed by atoms with Gasteiger partial charge in [0.15, 0.2) is 0 Å². The van der Waals surface area contributed by atoms with Crippen molar-refractivity contribution in [3.8, 4) is 0 Å². The number of hydrogen-bond donors (Lipinski definition) is 0. The predicted octanol–water partition coefficient (Wildman–Crippen LogP) is 3.82. The first kappa shape index (κ1) is 9.69. The molecule has 0 saturated heterocycles. The van der Waals surface area contributed by atoms with Gasteiger partial charge in [0.1, 0.15) is 0 Å². The van der Waals surface area contributed by atoms with Gasteiger partial charge in [-0.15, -0.1) is 11.8 Å². The number of halogens is 1. The van der Waals surface area contributed by atoms with E-state index in [0.29, 0.717) is 0 Å². The maximum Gasteiger partial charge on any atom is 0.0406 e. The van der Waals surface area contributed by atoms with E-state index in [9.17, 15) is 0 Å². The van der Waals surface area contributed by atoms with E-state index in [2.05, 4.69) is 6.92 Å². The second-order valence-electron chi connectivity index (χ2n) is 2.24. The van der Waals surface area contributed by atoms with Crippen LogP contribution in [0.25, 0.3) is 0 Å². The number of thioether (sulfide) groups is 1. The zero-order valence-electron chi connectivity index (χ0n) is 6.66. The van der Waals surface area contributed by atoms with Crippen molar-refractivity contribution in [1.82, 2.24) is 0 Å². The van der Waals surface area contributed by atoms with E-state index in [-0.39, 0.29) is 0 Å². The molecule has 0 atom stereocenters. The van der Waals surface area contributed by atoms with Crippen molar-refractivity contribution in [1.29, 1.82) is 0 Å². The summed E-state index contributed by atoms with van der Waals surface area (Å²) in [5.74, 6) is 0.963. The fraction of sp³-hybridized carbons (Fsp3) is 0.100. The highest BCUT2D eigenvalue weighted by atomic mass is 35.5. The van der Waals surface area contributed by atoms with Crippen LogP contribution in [-0.2, 0) is 0 Å². The largest absolute Gasteiger partial charge is 0.122 e. The standard InChI is InChI=1S/C10H10ClS/c1-2-3-8-12-10-6-4-9(11)5-7-10/h2-7H,1,8H2/b3-2+. The Morgan fingerprint density at radius 1 is 1.33 bits per heavy atom. The molecule has 0 spiro atoms. The van der Waals surface area contributed by atoms with Gasteiger partial charge in [0.2, 0.25) is 0 Å². The summed E-state index contributed by atoms with van der Waals surface area (Å²) in [5, 5.41) is 0.784. The van der Waals surface area contributed by atoms with Crippen LogP contribution in [0.5, 0.6) is 0 Å². The lowest BCUT2D eigenvalue weighted by Crippen LogP contribution is -1.72. The van der Waals surface area contributed by atoms with Crippen LogP contribution in [-0.4, -0.2) is 5.75 Å². The Bertz CT molecular complexity index is 251. The molecule has 2 heteroatoms. The smallest absolute Gasteiger partial charge is 0.0406 e. The number of allylic oxidation sites excluding steroid dienone is 1. The van der Waals surface area contributed by atoms with Gasteiger partial charge in [0.05, 0.1) is 0 Å². The minimum Gasteiger partial charge on any atom is -0.122 e.